The molecule has 30 heavy (non-hydrogen) atoms. The zero-order valence-electron chi connectivity index (χ0n) is 16.6. The van der Waals surface area contributed by atoms with Crippen molar-refractivity contribution in [2.45, 2.75) is 25.8 Å². The van der Waals surface area contributed by atoms with Crippen molar-refractivity contribution in [1.29, 1.82) is 0 Å². The second kappa shape index (κ2) is 7.74. The van der Waals surface area contributed by atoms with Crippen molar-refractivity contribution in [3.05, 3.63) is 66.0 Å². The number of nitrogens with two attached hydrogens (primary N) is 1. The Morgan fingerprint density at radius 1 is 0.900 bits per heavy atom. The van der Waals surface area contributed by atoms with Gasteiger partial charge in [-0.15, -0.1) is 5.10 Å². The first-order valence-electron chi connectivity index (χ1n) is 10.3. The van der Waals surface area contributed by atoms with Crippen LogP contribution in [0, 0.1) is 5.82 Å². The number of rotatable bonds is 4. The lowest BCUT2D eigenvalue weighted by Crippen LogP contribution is -2.31. The van der Waals surface area contributed by atoms with Crippen LogP contribution in [0.2, 0.25) is 0 Å². The molecule has 0 atom stereocenters. The minimum Gasteiger partial charge on any atom is -0.383 e. The number of hydrogen-bond donors (Lipinski definition) is 1. The van der Waals surface area contributed by atoms with Crippen LogP contribution in [0.1, 0.15) is 24.8 Å². The molecule has 0 spiro atoms. The maximum Gasteiger partial charge on any atom is 0.228 e. The summed E-state index contributed by atoms with van der Waals surface area (Å²) in [5.74, 6) is 0.694. The highest BCUT2D eigenvalue weighted by atomic mass is 19.1. The predicted molar refractivity (Wildman–Crippen MR) is 117 cm³/mol. The van der Waals surface area contributed by atoms with Gasteiger partial charge in [-0.3, -0.25) is 0 Å². The number of anilines is 2. The van der Waals surface area contributed by atoms with Crippen LogP contribution in [-0.2, 0) is 6.54 Å². The third kappa shape index (κ3) is 3.36. The monoisotopic (exact) mass is 402 g/mol. The average Bonchev–Trinajstić information content (AvgIpc) is 3.10. The highest BCUT2D eigenvalue weighted by Gasteiger charge is 2.23. The number of halogens is 1. The molecule has 0 saturated carbocycles. The Morgan fingerprint density at radius 2 is 1.63 bits per heavy atom. The molecule has 6 nitrogen and oxygen atoms in total. The van der Waals surface area contributed by atoms with E-state index in [-0.39, 0.29) is 5.82 Å². The molecule has 2 aromatic carbocycles. The molecule has 0 radical (unpaired) electrons. The normalized spacial score (nSPS) is 14.4. The van der Waals surface area contributed by atoms with Crippen LogP contribution >= 0.6 is 0 Å². The third-order valence-electron chi connectivity index (χ3n) is 5.57. The number of piperidine rings is 1. The van der Waals surface area contributed by atoms with Crippen LogP contribution in [0.15, 0.2) is 54.6 Å². The van der Waals surface area contributed by atoms with Gasteiger partial charge in [-0.1, -0.05) is 42.5 Å². The number of nitrogen functional groups attached to an aromatic ring is 1. The lowest BCUT2D eigenvalue weighted by Gasteiger charge is -2.26. The summed E-state index contributed by atoms with van der Waals surface area (Å²) < 4.78 is 16.4. The third-order valence-corrected chi connectivity index (χ3v) is 5.57. The Hall–Kier alpha value is -3.48. The van der Waals surface area contributed by atoms with E-state index in [1.165, 1.54) is 12.5 Å². The van der Waals surface area contributed by atoms with Gasteiger partial charge in [0.15, 0.2) is 5.65 Å². The van der Waals surface area contributed by atoms with E-state index < -0.39 is 0 Å². The average molecular weight is 402 g/mol. The minimum absolute atomic E-state index is 0.336. The molecule has 1 aliphatic rings. The molecule has 0 amide bonds. The summed E-state index contributed by atoms with van der Waals surface area (Å²) in [4.78, 5) is 11.6. The number of aromatic nitrogens is 4. The van der Waals surface area contributed by atoms with Crippen LogP contribution in [0.3, 0.4) is 0 Å². The summed E-state index contributed by atoms with van der Waals surface area (Å²) >= 11 is 0. The fourth-order valence-electron chi connectivity index (χ4n) is 4.00. The van der Waals surface area contributed by atoms with Crippen LogP contribution in [-0.4, -0.2) is 32.8 Å². The molecule has 2 N–H and O–H groups in total. The van der Waals surface area contributed by atoms with Gasteiger partial charge in [0.25, 0.3) is 0 Å². The van der Waals surface area contributed by atoms with E-state index in [0.29, 0.717) is 40.6 Å². The second-order valence-electron chi connectivity index (χ2n) is 7.63. The van der Waals surface area contributed by atoms with Gasteiger partial charge in [0.05, 0.1) is 17.6 Å². The molecule has 2 aromatic heterocycles. The van der Waals surface area contributed by atoms with Crippen molar-refractivity contribution in [3.8, 4) is 11.3 Å². The molecule has 5 rings (SSSR count). The predicted octanol–water partition coefficient (Wildman–Crippen LogP) is 4.25. The summed E-state index contributed by atoms with van der Waals surface area (Å²) in [6.45, 7) is 2.30. The lowest BCUT2D eigenvalue weighted by molar-refractivity contribution is 0.569. The lowest BCUT2D eigenvalue weighted by atomic mass is 10.1. The molecule has 1 saturated heterocycles. The van der Waals surface area contributed by atoms with E-state index >= 15 is 0 Å². The molecule has 0 unspecified atom stereocenters. The van der Waals surface area contributed by atoms with Crippen molar-refractivity contribution < 1.29 is 4.39 Å². The van der Waals surface area contributed by atoms with Crippen molar-refractivity contribution >= 4 is 22.8 Å². The van der Waals surface area contributed by atoms with Gasteiger partial charge in [0, 0.05) is 18.7 Å². The molecule has 3 heterocycles. The fourth-order valence-corrected chi connectivity index (χ4v) is 4.00. The van der Waals surface area contributed by atoms with E-state index in [4.69, 9.17) is 15.7 Å². The van der Waals surface area contributed by atoms with E-state index in [2.05, 4.69) is 10.00 Å². The standard InChI is InChI=1S/C23H23FN6/c24-18-12-6-5-11-17(18)20-19-21(25)30(15-16-9-3-1-4-10-16)28-22(19)27-23(26-20)29-13-7-2-8-14-29/h1,3-6,9-12H,2,7-8,13-15,25H2. The summed E-state index contributed by atoms with van der Waals surface area (Å²) in [5, 5.41) is 5.26. The molecular formula is C23H23FN6. The van der Waals surface area contributed by atoms with Gasteiger partial charge in [-0.05, 0) is 37.0 Å². The second-order valence-corrected chi connectivity index (χ2v) is 7.63. The largest absolute Gasteiger partial charge is 0.383 e. The Morgan fingerprint density at radius 3 is 2.40 bits per heavy atom. The van der Waals surface area contributed by atoms with Gasteiger partial charge < -0.3 is 10.6 Å². The zero-order chi connectivity index (χ0) is 20.5. The van der Waals surface area contributed by atoms with E-state index in [1.807, 2.05) is 30.3 Å². The molecule has 0 aliphatic carbocycles. The van der Waals surface area contributed by atoms with Gasteiger partial charge in [-0.2, -0.15) is 4.98 Å². The Kier molecular flexibility index (Phi) is 4.78. The molecular weight excluding hydrogens is 379 g/mol. The Balaban J connectivity index is 1.69. The van der Waals surface area contributed by atoms with Crippen LogP contribution < -0.4 is 10.6 Å². The molecule has 7 heteroatoms. The quantitative estimate of drug-likeness (QED) is 0.552. The smallest absolute Gasteiger partial charge is 0.228 e. The number of hydrogen-bond acceptors (Lipinski definition) is 5. The zero-order valence-corrected chi connectivity index (χ0v) is 16.6. The summed E-state index contributed by atoms with van der Waals surface area (Å²) in [6.07, 6.45) is 3.40. The van der Waals surface area contributed by atoms with Crippen LogP contribution in [0.5, 0.6) is 0 Å². The summed E-state index contributed by atoms with van der Waals surface area (Å²) in [5.41, 5.74) is 8.97. The molecule has 4 aromatic rings. The van der Waals surface area contributed by atoms with Gasteiger partial charge >= 0.3 is 0 Å². The highest BCUT2D eigenvalue weighted by Crippen LogP contribution is 2.34. The van der Waals surface area contributed by atoms with Crippen LogP contribution in [0.25, 0.3) is 22.3 Å². The first-order valence-corrected chi connectivity index (χ1v) is 10.3. The summed E-state index contributed by atoms with van der Waals surface area (Å²) in [7, 11) is 0. The van der Waals surface area contributed by atoms with Crippen molar-refractivity contribution in [3.63, 3.8) is 0 Å². The number of fused-ring (bicyclic) bond motifs is 1. The molecule has 1 fully saturated rings. The van der Waals surface area contributed by atoms with Gasteiger partial charge in [0.2, 0.25) is 5.95 Å². The van der Waals surface area contributed by atoms with Crippen molar-refractivity contribution in [2.75, 3.05) is 23.7 Å². The first-order chi connectivity index (χ1) is 14.7. The SMILES string of the molecule is Nc1c2c(-c3ccccc3F)nc(N3CCCCC3)nc2nn1Cc1ccccc1. The molecule has 1 aliphatic heterocycles. The molecule has 152 valence electrons. The maximum absolute atomic E-state index is 14.7. The van der Waals surface area contributed by atoms with Crippen LogP contribution in [0.4, 0.5) is 16.2 Å². The number of nitrogens with zero attached hydrogens (tertiary/aromatic N) is 5. The van der Waals surface area contributed by atoms with E-state index in [9.17, 15) is 4.39 Å². The van der Waals surface area contributed by atoms with E-state index in [1.54, 1.807) is 22.9 Å². The Labute approximate surface area is 174 Å². The highest BCUT2D eigenvalue weighted by molar-refractivity contribution is 5.99. The first kappa shape index (κ1) is 18.5. The minimum atomic E-state index is -0.336. The van der Waals surface area contributed by atoms with Crippen molar-refractivity contribution in [2.24, 2.45) is 0 Å². The van der Waals surface area contributed by atoms with Crippen molar-refractivity contribution in [1.82, 2.24) is 19.7 Å². The fraction of sp³-hybridized carbons (Fsp3) is 0.261. The Bertz CT molecular complexity index is 1180. The van der Waals surface area contributed by atoms with Gasteiger partial charge in [0.1, 0.15) is 11.6 Å². The van der Waals surface area contributed by atoms with Gasteiger partial charge in [-0.25, -0.2) is 14.1 Å². The topological polar surface area (TPSA) is 72.9 Å². The number of benzene rings is 2. The maximum atomic E-state index is 14.7. The molecule has 0 bridgehead atoms. The van der Waals surface area contributed by atoms with E-state index in [0.717, 1.165) is 31.5 Å². The summed E-state index contributed by atoms with van der Waals surface area (Å²) in [6, 6.07) is 16.6.